The number of nitrogens with zero attached hydrogens (tertiary/aromatic N) is 2. The summed E-state index contributed by atoms with van der Waals surface area (Å²) >= 11 is 7.01. The third-order valence-corrected chi connectivity index (χ3v) is 7.66. The molecule has 0 aromatic rings. The molecule has 0 amide bonds. The molecule has 0 aromatic heterocycles. The average molecular weight is 546 g/mol. The van der Waals surface area contributed by atoms with E-state index in [1.54, 1.807) is 0 Å². The molecule has 7 heteroatoms. The Morgan fingerprint density at radius 2 is 1.87 bits per heavy atom. The Morgan fingerprint density at radius 1 is 1.20 bits per heavy atom. The molecule has 2 fully saturated rings. The molecule has 0 radical (unpaired) electrons. The van der Waals surface area contributed by atoms with Gasteiger partial charge in [-0.3, -0.25) is 0 Å². The molecular formula is C8H9I3N2O2. The highest BCUT2D eigenvalue weighted by molar-refractivity contribution is 14.2. The maximum absolute atomic E-state index is 8.79. The molecule has 2 aliphatic rings. The molecule has 0 heterocycles. The van der Waals surface area contributed by atoms with Crippen molar-refractivity contribution in [3.63, 3.8) is 0 Å². The predicted molar refractivity (Wildman–Crippen MR) is 83.2 cm³/mol. The molecule has 0 bridgehead atoms. The van der Waals surface area contributed by atoms with E-state index in [4.69, 9.17) is 10.4 Å². The van der Waals surface area contributed by atoms with Crippen molar-refractivity contribution in [2.24, 2.45) is 22.1 Å². The van der Waals surface area contributed by atoms with Gasteiger partial charge in [-0.1, -0.05) is 78.1 Å². The third-order valence-electron chi connectivity index (χ3n) is 3.17. The number of halogens is 3. The fraction of sp³-hybridized carbons (Fsp3) is 0.750. The molecule has 2 rings (SSSR count). The predicted octanol–water partition coefficient (Wildman–Crippen LogP) is 3.06. The molecule has 15 heavy (non-hydrogen) atoms. The van der Waals surface area contributed by atoms with Gasteiger partial charge in [-0.15, -0.1) is 0 Å². The summed E-state index contributed by atoms with van der Waals surface area (Å²) in [5.74, 6) is 1.08. The van der Waals surface area contributed by atoms with Crippen LogP contribution in [-0.2, 0) is 0 Å². The summed E-state index contributed by atoms with van der Waals surface area (Å²) in [6, 6.07) is 0. The summed E-state index contributed by atoms with van der Waals surface area (Å²) < 4.78 is 0.279. The van der Waals surface area contributed by atoms with Crippen LogP contribution in [0, 0.1) is 11.8 Å². The number of oxime groups is 2. The number of hydrogen-bond donors (Lipinski definition) is 2. The molecule has 2 aliphatic carbocycles. The maximum atomic E-state index is 8.79. The van der Waals surface area contributed by atoms with Crippen LogP contribution in [0.3, 0.4) is 0 Å². The van der Waals surface area contributed by atoms with Crippen molar-refractivity contribution in [2.75, 3.05) is 0 Å². The van der Waals surface area contributed by atoms with Gasteiger partial charge in [0.05, 0.1) is 15.3 Å². The van der Waals surface area contributed by atoms with Crippen LogP contribution in [0.15, 0.2) is 10.3 Å². The summed E-state index contributed by atoms with van der Waals surface area (Å²) in [7, 11) is 0. The van der Waals surface area contributed by atoms with Gasteiger partial charge in [0.15, 0.2) is 0 Å². The summed E-state index contributed by atoms with van der Waals surface area (Å²) in [5, 5.41) is 24.1. The number of alkyl halides is 3. The fourth-order valence-corrected chi connectivity index (χ4v) is 5.22. The lowest BCUT2D eigenvalue weighted by Crippen LogP contribution is -2.57. The monoisotopic (exact) mass is 546 g/mol. The second-order valence-electron chi connectivity index (χ2n) is 3.84. The smallest absolute Gasteiger partial charge is 0.118 e. The highest BCUT2D eigenvalue weighted by Crippen LogP contribution is 2.57. The van der Waals surface area contributed by atoms with Gasteiger partial charge in [0.2, 0.25) is 0 Å². The minimum Gasteiger partial charge on any atom is -0.411 e. The van der Waals surface area contributed by atoms with Gasteiger partial charge >= 0.3 is 0 Å². The van der Waals surface area contributed by atoms with E-state index >= 15 is 0 Å². The lowest BCUT2D eigenvalue weighted by molar-refractivity contribution is 0.265. The molecule has 4 nitrogen and oxygen atoms in total. The van der Waals surface area contributed by atoms with Gasteiger partial charge in [-0.05, 0) is 24.7 Å². The van der Waals surface area contributed by atoms with Gasteiger partial charge in [0, 0.05) is 0 Å². The van der Waals surface area contributed by atoms with Gasteiger partial charge in [-0.2, -0.15) is 0 Å². The van der Waals surface area contributed by atoms with Crippen molar-refractivity contribution in [3.8, 4) is 0 Å². The van der Waals surface area contributed by atoms with Crippen molar-refractivity contribution in [3.05, 3.63) is 0 Å². The van der Waals surface area contributed by atoms with Crippen LogP contribution in [0.2, 0.25) is 0 Å². The van der Waals surface area contributed by atoms with E-state index in [0.717, 1.165) is 24.3 Å². The van der Waals surface area contributed by atoms with E-state index in [9.17, 15) is 0 Å². The first-order valence-corrected chi connectivity index (χ1v) is 7.86. The van der Waals surface area contributed by atoms with Gasteiger partial charge in [0.25, 0.3) is 0 Å². The van der Waals surface area contributed by atoms with Crippen LogP contribution in [0.1, 0.15) is 12.8 Å². The Labute approximate surface area is 128 Å². The fourth-order valence-electron chi connectivity index (χ4n) is 2.07. The Hall–Kier alpha value is 1.13. The Morgan fingerprint density at radius 3 is 2.27 bits per heavy atom. The molecule has 3 unspecified atom stereocenters. The van der Waals surface area contributed by atoms with Crippen molar-refractivity contribution in [1.29, 1.82) is 0 Å². The van der Waals surface area contributed by atoms with Gasteiger partial charge in [-0.25, -0.2) is 0 Å². The number of rotatable bonds is 1. The summed E-state index contributed by atoms with van der Waals surface area (Å²) in [4.78, 5) is 0. The van der Waals surface area contributed by atoms with Crippen molar-refractivity contribution in [1.82, 2.24) is 0 Å². The first-order valence-electron chi connectivity index (χ1n) is 4.46. The number of hydrogen-bond acceptors (Lipinski definition) is 4. The van der Waals surface area contributed by atoms with Gasteiger partial charge in [0.1, 0.15) is 1.43 Å². The minimum absolute atomic E-state index is 0.0562. The van der Waals surface area contributed by atoms with E-state index in [1.165, 1.54) is 0 Å². The average Bonchev–Trinajstić information content (AvgIpc) is 2.20. The van der Waals surface area contributed by atoms with Crippen LogP contribution in [0.4, 0.5) is 0 Å². The van der Waals surface area contributed by atoms with Crippen molar-refractivity contribution >= 4 is 79.2 Å². The zero-order valence-electron chi connectivity index (χ0n) is 7.57. The molecule has 3 atom stereocenters. The molecule has 0 aromatic carbocycles. The lowest BCUT2D eigenvalue weighted by Gasteiger charge is -2.51. The quantitative estimate of drug-likeness (QED) is 0.230. The Kier molecular flexibility index (Phi) is 3.71. The maximum Gasteiger partial charge on any atom is 0.118 e. The summed E-state index contributed by atoms with van der Waals surface area (Å²) in [5.41, 5.74) is 1.75. The normalized spacial score (nSPS) is 43.8. The van der Waals surface area contributed by atoms with Crippen molar-refractivity contribution < 1.29 is 10.4 Å². The SMILES string of the molecule is ON=C1CC(C2CC(=NO)C2(I)I)C1I. The lowest BCUT2D eigenvalue weighted by atomic mass is 9.65. The summed E-state index contributed by atoms with van der Waals surface area (Å²) in [6.07, 6.45) is 1.74. The van der Waals surface area contributed by atoms with Crippen LogP contribution in [-0.4, -0.2) is 27.2 Å². The molecule has 84 valence electrons. The molecular weight excluding hydrogens is 537 g/mol. The zero-order chi connectivity index (χ0) is 11.2. The van der Waals surface area contributed by atoms with E-state index in [-0.39, 0.29) is 1.43 Å². The standard InChI is InChI=1S/C8H9I3N2O2/c9-7-3(1-5(7)12-14)4-2-6(13-15)8(4,10)11/h3-4,7,14-15H,1-2H2. The molecule has 0 spiro atoms. The molecule has 2 N–H and O–H groups in total. The largest absolute Gasteiger partial charge is 0.411 e. The molecule has 0 saturated heterocycles. The topological polar surface area (TPSA) is 65.2 Å². The van der Waals surface area contributed by atoms with E-state index in [2.05, 4.69) is 78.1 Å². The van der Waals surface area contributed by atoms with Crippen LogP contribution < -0.4 is 0 Å². The van der Waals surface area contributed by atoms with Crippen molar-refractivity contribution in [2.45, 2.75) is 18.2 Å². The zero-order valence-corrected chi connectivity index (χ0v) is 14.0. The van der Waals surface area contributed by atoms with E-state index in [0.29, 0.717) is 15.8 Å². The minimum atomic E-state index is -0.0562. The van der Waals surface area contributed by atoms with Crippen LogP contribution in [0.5, 0.6) is 0 Å². The second kappa shape index (κ2) is 4.42. The Bertz CT molecular complexity index is 343. The van der Waals surface area contributed by atoms with Crippen LogP contribution >= 0.6 is 67.8 Å². The highest BCUT2D eigenvalue weighted by atomic mass is 127. The molecule has 0 aliphatic heterocycles. The third kappa shape index (κ3) is 1.89. The summed E-state index contributed by atoms with van der Waals surface area (Å²) in [6.45, 7) is 0. The molecule has 2 saturated carbocycles. The first kappa shape index (κ1) is 12.6. The van der Waals surface area contributed by atoms with Gasteiger partial charge < -0.3 is 10.4 Å². The van der Waals surface area contributed by atoms with Crippen LogP contribution in [0.25, 0.3) is 0 Å². The second-order valence-corrected chi connectivity index (χ2v) is 10.7. The van der Waals surface area contributed by atoms with E-state index < -0.39 is 0 Å². The van der Waals surface area contributed by atoms with E-state index in [1.807, 2.05) is 0 Å². The highest BCUT2D eigenvalue weighted by Gasteiger charge is 2.57. The Balaban J connectivity index is 2.05. The first-order chi connectivity index (χ1) is 7.02.